The molecule has 2 saturated heterocycles. The summed E-state index contributed by atoms with van der Waals surface area (Å²) < 4.78 is 14.4. The molecule has 5 heterocycles. The number of hydrogen-bond acceptors (Lipinski definition) is 7. The van der Waals surface area contributed by atoms with Gasteiger partial charge >= 0.3 is 0 Å². The lowest BCUT2D eigenvalue weighted by Gasteiger charge is -2.57. The Labute approximate surface area is 199 Å². The van der Waals surface area contributed by atoms with Crippen LogP contribution < -0.4 is 5.32 Å². The molecule has 3 aliphatic rings. The Morgan fingerprint density at radius 3 is 2.76 bits per heavy atom. The van der Waals surface area contributed by atoms with Crippen molar-refractivity contribution in [2.24, 2.45) is 11.8 Å². The first kappa shape index (κ1) is 21.2. The molecule has 4 aromatic rings. The molecule has 7 rings (SSSR count). The van der Waals surface area contributed by atoms with Crippen molar-refractivity contribution in [2.75, 3.05) is 11.9 Å². The predicted molar refractivity (Wildman–Crippen MR) is 128 cm³/mol. The molecule has 1 aromatic carbocycles. The summed E-state index contributed by atoms with van der Waals surface area (Å²) in [6.45, 7) is 4.67. The fraction of sp³-hybridized carbons (Fsp3) is 0.375. The van der Waals surface area contributed by atoms with Gasteiger partial charge in [-0.25, -0.2) is 14.4 Å². The van der Waals surface area contributed by atoms with E-state index in [0.29, 0.717) is 29.8 Å². The fourth-order valence-corrected chi connectivity index (χ4v) is 6.12. The van der Waals surface area contributed by atoms with Crippen LogP contribution in [0.4, 0.5) is 9.52 Å². The second-order valence-electron chi connectivity index (χ2n) is 9.18. The zero-order valence-corrected chi connectivity index (χ0v) is 19.7. The van der Waals surface area contributed by atoms with Gasteiger partial charge in [-0.3, -0.25) is 4.79 Å². The third kappa shape index (κ3) is 3.53. The number of pyridine rings is 1. The van der Waals surface area contributed by atoms with Crippen molar-refractivity contribution < 1.29 is 9.18 Å². The molecule has 10 heteroatoms. The number of benzene rings is 1. The van der Waals surface area contributed by atoms with E-state index in [1.165, 1.54) is 28.3 Å². The predicted octanol–water partition coefficient (Wildman–Crippen LogP) is 4.07. The van der Waals surface area contributed by atoms with E-state index >= 15 is 0 Å². The molecule has 3 fully saturated rings. The summed E-state index contributed by atoms with van der Waals surface area (Å²) in [5.41, 5.74) is 2.48. The fourth-order valence-electron chi connectivity index (χ4n) is 5.22. The maximum Gasteiger partial charge on any atom is 0.275 e. The van der Waals surface area contributed by atoms with Crippen molar-refractivity contribution in [1.29, 1.82) is 0 Å². The van der Waals surface area contributed by atoms with E-state index in [4.69, 9.17) is 0 Å². The maximum atomic E-state index is 14.0. The molecule has 34 heavy (non-hydrogen) atoms. The number of nitrogens with one attached hydrogen (secondary N) is 1. The number of thiazole rings is 1. The van der Waals surface area contributed by atoms with Crippen LogP contribution in [0.1, 0.15) is 35.9 Å². The van der Waals surface area contributed by atoms with Gasteiger partial charge in [0, 0.05) is 18.3 Å². The highest BCUT2D eigenvalue weighted by molar-refractivity contribution is 7.22. The zero-order valence-electron chi connectivity index (χ0n) is 18.8. The van der Waals surface area contributed by atoms with Crippen molar-refractivity contribution in [2.45, 2.75) is 38.8 Å². The highest BCUT2D eigenvalue weighted by Crippen LogP contribution is 2.47. The Morgan fingerprint density at radius 1 is 1.18 bits per heavy atom. The molecule has 1 amide bonds. The standard InChI is InChI=1S/C24H24FN7OS/c1-13-3-6-19(32-27-7-8-28-32)22(29-13)23(33)31-17-9-15(10-17)14(2)20(31)12-26-24-30-18-5-4-16(25)11-21(18)34-24/h3-8,11,14-15,17,20H,9-10,12H2,1-2H3,(H,26,30). The first-order valence-corrected chi connectivity index (χ1v) is 12.3. The van der Waals surface area contributed by atoms with Crippen LogP contribution in [0.25, 0.3) is 15.9 Å². The van der Waals surface area contributed by atoms with E-state index < -0.39 is 0 Å². The van der Waals surface area contributed by atoms with Gasteiger partial charge in [-0.15, -0.1) is 4.80 Å². The van der Waals surface area contributed by atoms with Crippen LogP contribution in [-0.2, 0) is 0 Å². The second-order valence-corrected chi connectivity index (χ2v) is 10.2. The molecule has 8 nitrogen and oxygen atoms in total. The van der Waals surface area contributed by atoms with Gasteiger partial charge in [0.15, 0.2) is 10.8 Å². The van der Waals surface area contributed by atoms with Crippen LogP contribution in [0.5, 0.6) is 0 Å². The summed E-state index contributed by atoms with van der Waals surface area (Å²) in [6, 6.07) is 8.52. The maximum absolute atomic E-state index is 14.0. The van der Waals surface area contributed by atoms with Gasteiger partial charge in [-0.1, -0.05) is 18.3 Å². The smallest absolute Gasteiger partial charge is 0.275 e. The Balaban J connectivity index is 1.30. The Bertz CT molecular complexity index is 1370. The van der Waals surface area contributed by atoms with E-state index in [1.54, 1.807) is 18.5 Å². The number of anilines is 1. The van der Waals surface area contributed by atoms with Gasteiger partial charge < -0.3 is 10.2 Å². The van der Waals surface area contributed by atoms with Crippen molar-refractivity contribution in [1.82, 2.24) is 29.9 Å². The van der Waals surface area contributed by atoms with E-state index in [0.717, 1.165) is 33.9 Å². The van der Waals surface area contributed by atoms with Gasteiger partial charge in [0.2, 0.25) is 0 Å². The zero-order chi connectivity index (χ0) is 23.4. The quantitative estimate of drug-likeness (QED) is 0.466. The van der Waals surface area contributed by atoms with Crippen molar-refractivity contribution in [3.05, 3.63) is 59.9 Å². The van der Waals surface area contributed by atoms with Crippen LogP contribution >= 0.6 is 11.3 Å². The van der Waals surface area contributed by atoms with E-state index in [2.05, 4.69) is 32.4 Å². The van der Waals surface area contributed by atoms with Crippen LogP contribution in [0.15, 0.2) is 42.7 Å². The minimum Gasteiger partial charge on any atom is -0.359 e. The molecule has 0 spiro atoms. The molecule has 3 aromatic heterocycles. The average Bonchev–Trinajstić information content (AvgIpc) is 3.46. The lowest BCUT2D eigenvalue weighted by atomic mass is 9.64. The number of carbonyl (C=O) groups is 1. The molecule has 2 atom stereocenters. The van der Waals surface area contributed by atoms with Crippen LogP contribution in [0.2, 0.25) is 0 Å². The second kappa shape index (κ2) is 8.12. The summed E-state index contributed by atoms with van der Waals surface area (Å²) in [5.74, 6) is 0.588. The number of aromatic nitrogens is 5. The van der Waals surface area contributed by atoms with Crippen molar-refractivity contribution in [3.8, 4) is 5.69 Å². The number of amides is 1. The molecular weight excluding hydrogens is 453 g/mol. The van der Waals surface area contributed by atoms with Crippen LogP contribution in [0, 0.1) is 24.6 Å². The molecule has 2 aliphatic heterocycles. The largest absolute Gasteiger partial charge is 0.359 e. The molecule has 2 bridgehead atoms. The number of rotatable bonds is 5. The highest BCUT2D eigenvalue weighted by Gasteiger charge is 2.51. The molecule has 1 aliphatic carbocycles. The summed E-state index contributed by atoms with van der Waals surface area (Å²) in [7, 11) is 0. The number of hydrogen-bond donors (Lipinski definition) is 1. The third-order valence-corrected chi connectivity index (χ3v) is 8.12. The lowest BCUT2D eigenvalue weighted by molar-refractivity contribution is -0.0505. The van der Waals surface area contributed by atoms with Gasteiger partial charge in [0.25, 0.3) is 5.91 Å². The third-order valence-electron chi connectivity index (χ3n) is 7.15. The number of nitrogens with zero attached hydrogens (tertiary/aromatic N) is 6. The number of piperidine rings is 2. The van der Waals surface area contributed by atoms with E-state index in [1.807, 2.05) is 24.0 Å². The first-order chi connectivity index (χ1) is 16.5. The molecule has 1 N–H and O–H groups in total. The number of aryl methyl sites for hydroxylation is 1. The van der Waals surface area contributed by atoms with E-state index in [9.17, 15) is 9.18 Å². The number of fused-ring (bicyclic) bond motifs is 3. The van der Waals surface area contributed by atoms with Gasteiger partial charge in [-0.2, -0.15) is 10.2 Å². The monoisotopic (exact) mass is 477 g/mol. The van der Waals surface area contributed by atoms with Crippen molar-refractivity contribution in [3.63, 3.8) is 0 Å². The summed E-state index contributed by atoms with van der Waals surface area (Å²) in [6.07, 6.45) is 5.21. The first-order valence-electron chi connectivity index (χ1n) is 11.4. The Hall–Kier alpha value is -3.40. The van der Waals surface area contributed by atoms with Gasteiger partial charge in [0.1, 0.15) is 11.5 Å². The minimum absolute atomic E-state index is 0.00510. The molecule has 2 unspecified atom stereocenters. The summed E-state index contributed by atoms with van der Waals surface area (Å²) >= 11 is 1.42. The van der Waals surface area contributed by atoms with E-state index in [-0.39, 0.29) is 23.8 Å². The Morgan fingerprint density at radius 2 is 1.97 bits per heavy atom. The molecule has 0 radical (unpaired) electrons. The number of halogens is 1. The average molecular weight is 478 g/mol. The van der Waals surface area contributed by atoms with Crippen LogP contribution in [-0.4, -0.2) is 54.4 Å². The Kier molecular flexibility index (Phi) is 5.05. The lowest BCUT2D eigenvalue weighted by Crippen LogP contribution is -2.64. The SMILES string of the molecule is Cc1ccc(-n2nccn2)c(C(=O)N2C3CC(C3)C(C)C2CNc2nc3ccc(F)cc3s2)n1. The normalized spacial score (nSPS) is 23.7. The number of carbonyl (C=O) groups excluding carboxylic acids is 1. The van der Waals surface area contributed by atoms with Gasteiger partial charge in [-0.05, 0) is 61.9 Å². The molecule has 174 valence electrons. The molecule has 1 saturated carbocycles. The molecular formula is C24H24FN7OS. The van der Waals surface area contributed by atoms with Gasteiger partial charge in [0.05, 0.1) is 28.7 Å². The van der Waals surface area contributed by atoms with Crippen LogP contribution in [0.3, 0.4) is 0 Å². The topological polar surface area (TPSA) is 88.8 Å². The highest BCUT2D eigenvalue weighted by atomic mass is 32.1. The van der Waals surface area contributed by atoms with Crippen molar-refractivity contribution >= 4 is 32.6 Å². The summed E-state index contributed by atoms with van der Waals surface area (Å²) in [5, 5.41) is 12.6. The summed E-state index contributed by atoms with van der Waals surface area (Å²) in [4.78, 5) is 26.6. The minimum atomic E-state index is -0.270.